The molecule has 1 N–H and O–H groups in total. The quantitative estimate of drug-likeness (QED) is 0.875. The van der Waals surface area contributed by atoms with Gasteiger partial charge in [0.25, 0.3) is 0 Å². The van der Waals surface area contributed by atoms with E-state index in [1.807, 2.05) is 31.2 Å². The van der Waals surface area contributed by atoms with Gasteiger partial charge in [0, 0.05) is 19.0 Å². The van der Waals surface area contributed by atoms with Crippen molar-refractivity contribution in [2.75, 3.05) is 20.2 Å². The molecule has 1 aliphatic heterocycles. The summed E-state index contributed by atoms with van der Waals surface area (Å²) in [6, 6.07) is 14.1. The first-order valence-corrected chi connectivity index (χ1v) is 9.85. The maximum atomic E-state index is 12.8. The van der Waals surface area contributed by atoms with E-state index >= 15 is 0 Å². The number of rotatable bonds is 5. The largest absolute Gasteiger partial charge is 0.497 e. The van der Waals surface area contributed by atoms with E-state index in [1.54, 1.807) is 31.4 Å². The Bertz CT molecular complexity index is 888. The SMILES string of the molecule is C=C(c1ccc(OC)cc1)[C@@H]1CN(S(=O)(=O)c2ccc(C)cc2)C[C@@H]1O. The Labute approximate surface area is 154 Å². The van der Waals surface area contributed by atoms with Crippen LogP contribution in [0.15, 0.2) is 60.0 Å². The Morgan fingerprint density at radius 3 is 2.31 bits per heavy atom. The van der Waals surface area contributed by atoms with E-state index in [-0.39, 0.29) is 23.9 Å². The van der Waals surface area contributed by atoms with Gasteiger partial charge in [-0.1, -0.05) is 36.4 Å². The molecule has 0 aliphatic carbocycles. The number of aliphatic hydroxyl groups excluding tert-OH is 1. The summed E-state index contributed by atoms with van der Waals surface area (Å²) in [5.41, 5.74) is 2.59. The molecule has 0 saturated carbocycles. The van der Waals surface area contributed by atoms with Crippen LogP contribution in [0.25, 0.3) is 5.57 Å². The van der Waals surface area contributed by atoms with Crippen LogP contribution in [0, 0.1) is 12.8 Å². The van der Waals surface area contributed by atoms with E-state index in [0.717, 1.165) is 22.4 Å². The lowest BCUT2D eigenvalue weighted by molar-refractivity contribution is 0.167. The summed E-state index contributed by atoms with van der Waals surface area (Å²) in [7, 11) is -2.04. The zero-order valence-electron chi connectivity index (χ0n) is 14.9. The third-order valence-electron chi connectivity index (χ3n) is 4.82. The van der Waals surface area contributed by atoms with Gasteiger partial charge in [0.2, 0.25) is 10.0 Å². The summed E-state index contributed by atoms with van der Waals surface area (Å²) in [6.07, 6.45) is -0.787. The van der Waals surface area contributed by atoms with Crippen molar-refractivity contribution in [1.82, 2.24) is 4.31 Å². The Morgan fingerprint density at radius 1 is 1.12 bits per heavy atom. The third kappa shape index (κ3) is 3.53. The Hall–Kier alpha value is -2.15. The standard InChI is InChI=1S/C20H23NO4S/c1-14-4-10-18(11-5-14)26(23,24)21-12-19(20(22)13-21)15(2)16-6-8-17(25-3)9-7-16/h4-11,19-20,22H,2,12-13H2,1,3H3/t19-,20-/m0/s1. The summed E-state index contributed by atoms with van der Waals surface area (Å²) < 4.78 is 32.2. The van der Waals surface area contributed by atoms with Gasteiger partial charge >= 0.3 is 0 Å². The molecule has 1 saturated heterocycles. The van der Waals surface area contributed by atoms with Crippen molar-refractivity contribution < 1.29 is 18.3 Å². The number of hydrogen-bond donors (Lipinski definition) is 1. The fraction of sp³-hybridized carbons (Fsp3) is 0.300. The fourth-order valence-corrected chi connectivity index (χ4v) is 4.65. The summed E-state index contributed by atoms with van der Waals surface area (Å²) in [5.74, 6) is 0.390. The van der Waals surface area contributed by atoms with Gasteiger partial charge in [-0.2, -0.15) is 4.31 Å². The van der Waals surface area contributed by atoms with Crippen molar-refractivity contribution in [1.29, 1.82) is 0 Å². The number of benzene rings is 2. The lowest BCUT2D eigenvalue weighted by Gasteiger charge is -2.18. The van der Waals surface area contributed by atoms with E-state index < -0.39 is 16.1 Å². The minimum absolute atomic E-state index is 0.0655. The molecule has 0 amide bonds. The summed E-state index contributed by atoms with van der Waals surface area (Å²) in [5, 5.41) is 10.5. The van der Waals surface area contributed by atoms with Crippen molar-refractivity contribution in [3.05, 3.63) is 66.2 Å². The highest BCUT2D eigenvalue weighted by atomic mass is 32.2. The molecular formula is C20H23NO4S. The van der Waals surface area contributed by atoms with Crippen molar-refractivity contribution in [3.63, 3.8) is 0 Å². The number of ether oxygens (including phenoxy) is 1. The Kier molecular flexibility index (Phi) is 5.18. The highest BCUT2D eigenvalue weighted by molar-refractivity contribution is 7.89. The van der Waals surface area contributed by atoms with Crippen LogP contribution in [-0.2, 0) is 10.0 Å². The topological polar surface area (TPSA) is 66.8 Å². The zero-order chi connectivity index (χ0) is 18.9. The number of sulfonamides is 1. The monoisotopic (exact) mass is 373 g/mol. The minimum atomic E-state index is -3.64. The molecule has 1 aliphatic rings. The van der Waals surface area contributed by atoms with Gasteiger partial charge in [0.1, 0.15) is 5.75 Å². The Morgan fingerprint density at radius 2 is 1.73 bits per heavy atom. The number of aryl methyl sites for hydroxylation is 1. The third-order valence-corrected chi connectivity index (χ3v) is 6.67. The number of hydrogen-bond acceptors (Lipinski definition) is 4. The molecule has 138 valence electrons. The molecule has 0 bridgehead atoms. The minimum Gasteiger partial charge on any atom is -0.497 e. The number of methoxy groups -OCH3 is 1. The maximum Gasteiger partial charge on any atom is 0.243 e. The van der Waals surface area contributed by atoms with Gasteiger partial charge in [-0.3, -0.25) is 0 Å². The second kappa shape index (κ2) is 7.23. The average Bonchev–Trinajstić information content (AvgIpc) is 3.04. The van der Waals surface area contributed by atoms with Gasteiger partial charge in [0.15, 0.2) is 0 Å². The molecule has 0 unspecified atom stereocenters. The summed E-state index contributed by atoms with van der Waals surface area (Å²) in [6.45, 7) is 6.28. The normalized spacial score (nSPS) is 20.9. The van der Waals surface area contributed by atoms with Crippen molar-refractivity contribution in [2.24, 2.45) is 5.92 Å². The van der Waals surface area contributed by atoms with Crippen LogP contribution >= 0.6 is 0 Å². The molecule has 3 rings (SSSR count). The lowest BCUT2D eigenvalue weighted by atomic mass is 9.91. The van der Waals surface area contributed by atoms with E-state index in [4.69, 9.17) is 4.74 Å². The van der Waals surface area contributed by atoms with Gasteiger partial charge < -0.3 is 9.84 Å². The summed E-state index contributed by atoms with van der Waals surface area (Å²) in [4.78, 5) is 0.242. The Balaban J connectivity index is 1.80. The molecule has 2 aromatic carbocycles. The highest BCUT2D eigenvalue weighted by Crippen LogP contribution is 2.33. The van der Waals surface area contributed by atoms with E-state index in [2.05, 4.69) is 6.58 Å². The first kappa shape index (κ1) is 18.6. The highest BCUT2D eigenvalue weighted by Gasteiger charge is 2.39. The molecule has 2 aromatic rings. The molecule has 0 aromatic heterocycles. The van der Waals surface area contributed by atoms with E-state index in [9.17, 15) is 13.5 Å². The molecule has 0 radical (unpaired) electrons. The molecule has 5 nitrogen and oxygen atoms in total. The van der Waals surface area contributed by atoms with Crippen molar-refractivity contribution in [3.8, 4) is 5.75 Å². The van der Waals surface area contributed by atoms with Crippen molar-refractivity contribution in [2.45, 2.75) is 17.9 Å². The van der Waals surface area contributed by atoms with Gasteiger partial charge in [-0.25, -0.2) is 8.42 Å². The van der Waals surface area contributed by atoms with E-state index in [0.29, 0.717) is 0 Å². The van der Waals surface area contributed by atoms with Crippen molar-refractivity contribution >= 4 is 15.6 Å². The first-order chi connectivity index (χ1) is 12.3. The van der Waals surface area contributed by atoms with Crippen LogP contribution in [0.1, 0.15) is 11.1 Å². The zero-order valence-corrected chi connectivity index (χ0v) is 15.7. The number of β-amino-alcohol motifs (C(OH)–C–C–N with tert-alkyl or cyclic N) is 1. The van der Waals surface area contributed by atoms with Gasteiger partial charge in [-0.05, 0) is 42.3 Å². The van der Waals surface area contributed by atoms with Gasteiger partial charge in [0.05, 0.1) is 18.1 Å². The number of nitrogens with zero attached hydrogens (tertiary/aromatic N) is 1. The molecule has 1 heterocycles. The van der Waals surface area contributed by atoms with Gasteiger partial charge in [-0.15, -0.1) is 0 Å². The second-order valence-corrected chi connectivity index (χ2v) is 8.50. The molecule has 1 fully saturated rings. The fourth-order valence-electron chi connectivity index (χ4n) is 3.17. The van der Waals surface area contributed by atoms with E-state index in [1.165, 1.54) is 4.31 Å². The van der Waals surface area contributed by atoms with Crippen LogP contribution in [0.2, 0.25) is 0 Å². The number of aliphatic hydroxyl groups is 1. The lowest BCUT2D eigenvalue weighted by Crippen LogP contribution is -2.29. The smallest absolute Gasteiger partial charge is 0.243 e. The van der Waals surface area contributed by atoms with Crippen LogP contribution in [0.3, 0.4) is 0 Å². The predicted octanol–water partition coefficient (Wildman–Crippen LogP) is 2.70. The first-order valence-electron chi connectivity index (χ1n) is 8.41. The van der Waals surface area contributed by atoms with Crippen LogP contribution in [-0.4, -0.2) is 44.1 Å². The van der Waals surface area contributed by atoms with Crippen LogP contribution in [0.5, 0.6) is 5.75 Å². The summed E-state index contributed by atoms with van der Waals surface area (Å²) >= 11 is 0. The van der Waals surface area contributed by atoms with Crippen LogP contribution < -0.4 is 4.74 Å². The molecule has 6 heteroatoms. The predicted molar refractivity (Wildman–Crippen MR) is 101 cm³/mol. The molecule has 26 heavy (non-hydrogen) atoms. The maximum absolute atomic E-state index is 12.8. The molecular weight excluding hydrogens is 350 g/mol. The molecule has 0 spiro atoms. The second-order valence-electron chi connectivity index (χ2n) is 6.56. The average molecular weight is 373 g/mol. The molecule has 2 atom stereocenters. The van der Waals surface area contributed by atoms with Crippen LogP contribution in [0.4, 0.5) is 0 Å².